The van der Waals surface area contributed by atoms with Gasteiger partial charge in [0, 0.05) is 19.2 Å². The molecule has 0 saturated heterocycles. The van der Waals surface area contributed by atoms with E-state index in [4.69, 9.17) is 16.7 Å². The number of halogens is 1. The predicted octanol–water partition coefficient (Wildman–Crippen LogP) is 1.84. The van der Waals surface area contributed by atoms with Gasteiger partial charge < -0.3 is 15.3 Å². The summed E-state index contributed by atoms with van der Waals surface area (Å²) in [5.74, 6) is -0.882. The molecule has 23 heavy (non-hydrogen) atoms. The quantitative estimate of drug-likeness (QED) is 0.743. The van der Waals surface area contributed by atoms with Gasteiger partial charge in [-0.3, -0.25) is 14.5 Å². The second kappa shape index (κ2) is 7.48. The number of carbonyl (C=O) groups excluding carboxylic acids is 2. The highest BCUT2D eigenvalue weighted by Crippen LogP contribution is 2.35. The molecule has 0 atom stereocenters. The molecule has 2 amide bonds. The number of nitrogens with one attached hydrogen (secondary N) is 1. The molecule has 2 rings (SSSR count). The number of hydrogen-bond donors (Lipinski definition) is 2. The molecule has 0 aliphatic carbocycles. The third kappa shape index (κ3) is 3.48. The highest BCUT2D eigenvalue weighted by atomic mass is 35.5. The molecule has 0 unspecified atom stereocenters. The van der Waals surface area contributed by atoms with Crippen molar-refractivity contribution in [2.24, 2.45) is 0 Å². The first-order chi connectivity index (χ1) is 11.0. The van der Waals surface area contributed by atoms with Gasteiger partial charge in [-0.05, 0) is 26.0 Å². The average molecular weight is 338 g/mol. The molecule has 1 aromatic rings. The SMILES string of the molecule is CCN(CC)c1c(Cl)cccc1NC1=CC(=O)N(CCO)C1=O. The number of imide groups is 1. The number of benzene rings is 1. The van der Waals surface area contributed by atoms with Crippen molar-refractivity contribution in [1.29, 1.82) is 0 Å². The fourth-order valence-electron chi connectivity index (χ4n) is 2.53. The number of amides is 2. The number of β-amino-alcohol motifs (C(OH)–C–C–N with tert-alkyl or cyclic N) is 1. The summed E-state index contributed by atoms with van der Waals surface area (Å²) in [5, 5.41) is 12.5. The number of nitrogens with zero attached hydrogens (tertiary/aromatic N) is 2. The van der Waals surface area contributed by atoms with Gasteiger partial charge in [-0.1, -0.05) is 17.7 Å². The fourth-order valence-corrected chi connectivity index (χ4v) is 2.83. The lowest BCUT2D eigenvalue weighted by molar-refractivity contribution is -0.137. The van der Waals surface area contributed by atoms with Gasteiger partial charge in [0.1, 0.15) is 5.70 Å². The zero-order valence-corrected chi connectivity index (χ0v) is 13.9. The summed E-state index contributed by atoms with van der Waals surface area (Å²) in [4.78, 5) is 27.1. The molecule has 1 aromatic carbocycles. The third-order valence-electron chi connectivity index (χ3n) is 3.67. The van der Waals surface area contributed by atoms with Crippen molar-refractivity contribution in [2.75, 3.05) is 36.5 Å². The first kappa shape index (κ1) is 17.3. The van der Waals surface area contributed by atoms with E-state index in [-0.39, 0.29) is 18.8 Å². The molecule has 1 heterocycles. The Hall–Kier alpha value is -2.05. The van der Waals surface area contributed by atoms with Gasteiger partial charge in [-0.25, -0.2) is 0 Å². The van der Waals surface area contributed by atoms with Crippen molar-refractivity contribution in [3.05, 3.63) is 35.0 Å². The van der Waals surface area contributed by atoms with Crippen molar-refractivity contribution in [3.63, 3.8) is 0 Å². The van der Waals surface area contributed by atoms with Crippen LogP contribution in [0.4, 0.5) is 11.4 Å². The van der Waals surface area contributed by atoms with Crippen LogP contribution in [-0.4, -0.2) is 48.1 Å². The maximum Gasteiger partial charge on any atom is 0.277 e. The molecule has 0 fully saturated rings. The van der Waals surface area contributed by atoms with Gasteiger partial charge in [-0.15, -0.1) is 0 Å². The molecule has 2 N–H and O–H groups in total. The van der Waals surface area contributed by atoms with Crippen LogP contribution in [0.15, 0.2) is 30.0 Å². The lowest BCUT2D eigenvalue weighted by Gasteiger charge is -2.26. The molecular formula is C16H20ClN3O3. The van der Waals surface area contributed by atoms with Crippen LogP contribution in [-0.2, 0) is 9.59 Å². The smallest absolute Gasteiger partial charge is 0.277 e. The topological polar surface area (TPSA) is 72.9 Å². The largest absolute Gasteiger partial charge is 0.395 e. The molecule has 0 bridgehead atoms. The zero-order valence-electron chi connectivity index (χ0n) is 13.2. The summed E-state index contributed by atoms with van der Waals surface area (Å²) >= 11 is 6.31. The Balaban J connectivity index is 2.31. The van der Waals surface area contributed by atoms with Crippen molar-refractivity contribution in [2.45, 2.75) is 13.8 Å². The lowest BCUT2D eigenvalue weighted by atomic mass is 10.2. The number of para-hydroxylation sites is 1. The van der Waals surface area contributed by atoms with Gasteiger partial charge in [-0.2, -0.15) is 0 Å². The first-order valence-electron chi connectivity index (χ1n) is 7.52. The first-order valence-corrected chi connectivity index (χ1v) is 7.90. The van der Waals surface area contributed by atoms with E-state index in [1.165, 1.54) is 6.08 Å². The minimum Gasteiger partial charge on any atom is -0.395 e. The molecule has 7 heteroatoms. The molecule has 1 aliphatic heterocycles. The summed E-state index contributed by atoms with van der Waals surface area (Å²) < 4.78 is 0. The van der Waals surface area contributed by atoms with Gasteiger partial charge in [0.05, 0.1) is 29.5 Å². The monoisotopic (exact) mass is 337 g/mol. The Kier molecular flexibility index (Phi) is 5.63. The van der Waals surface area contributed by atoms with Crippen LogP contribution in [0.5, 0.6) is 0 Å². The van der Waals surface area contributed by atoms with Crippen LogP contribution in [0.3, 0.4) is 0 Å². The van der Waals surface area contributed by atoms with Crippen LogP contribution in [0.1, 0.15) is 13.8 Å². The molecule has 0 spiro atoms. The summed E-state index contributed by atoms with van der Waals surface area (Å²) in [6.07, 6.45) is 1.24. The number of rotatable bonds is 7. The van der Waals surface area contributed by atoms with Gasteiger partial charge in [0.15, 0.2) is 0 Å². The maximum absolute atomic E-state index is 12.2. The zero-order chi connectivity index (χ0) is 17.0. The molecule has 0 saturated carbocycles. The summed E-state index contributed by atoms with van der Waals surface area (Å²) in [5.41, 5.74) is 1.64. The van der Waals surface area contributed by atoms with E-state index in [0.717, 1.165) is 23.7 Å². The number of carbonyl (C=O) groups is 2. The Labute approximate surface area is 140 Å². The van der Waals surface area contributed by atoms with Crippen molar-refractivity contribution in [3.8, 4) is 0 Å². The maximum atomic E-state index is 12.2. The van der Waals surface area contributed by atoms with Gasteiger partial charge in [0.2, 0.25) is 0 Å². The van der Waals surface area contributed by atoms with E-state index in [1.807, 2.05) is 19.9 Å². The average Bonchev–Trinajstić information content (AvgIpc) is 2.79. The lowest BCUT2D eigenvalue weighted by Crippen LogP contribution is -2.34. The Morgan fingerprint density at radius 2 is 1.96 bits per heavy atom. The Morgan fingerprint density at radius 1 is 1.26 bits per heavy atom. The highest BCUT2D eigenvalue weighted by molar-refractivity contribution is 6.34. The van der Waals surface area contributed by atoms with E-state index >= 15 is 0 Å². The molecule has 1 aliphatic rings. The van der Waals surface area contributed by atoms with E-state index in [0.29, 0.717) is 10.7 Å². The second-order valence-corrected chi connectivity index (χ2v) is 5.42. The van der Waals surface area contributed by atoms with E-state index in [1.54, 1.807) is 12.1 Å². The Bertz CT molecular complexity index is 641. The molecule has 6 nitrogen and oxygen atoms in total. The van der Waals surface area contributed by atoms with Crippen molar-refractivity contribution >= 4 is 34.8 Å². The number of anilines is 2. The van der Waals surface area contributed by atoms with Crippen LogP contribution in [0, 0.1) is 0 Å². The summed E-state index contributed by atoms with van der Waals surface area (Å²) in [6, 6.07) is 5.38. The highest BCUT2D eigenvalue weighted by Gasteiger charge is 2.31. The van der Waals surface area contributed by atoms with Gasteiger partial charge >= 0.3 is 0 Å². The van der Waals surface area contributed by atoms with E-state index in [9.17, 15) is 9.59 Å². The second-order valence-electron chi connectivity index (χ2n) is 5.01. The normalized spacial score (nSPS) is 14.3. The summed E-state index contributed by atoms with van der Waals surface area (Å²) in [7, 11) is 0. The van der Waals surface area contributed by atoms with Gasteiger partial charge in [0.25, 0.3) is 11.8 Å². The fraction of sp³-hybridized carbons (Fsp3) is 0.375. The number of aliphatic hydroxyl groups excluding tert-OH is 1. The number of aliphatic hydroxyl groups is 1. The van der Waals surface area contributed by atoms with Crippen LogP contribution in [0.2, 0.25) is 5.02 Å². The number of hydrogen-bond acceptors (Lipinski definition) is 5. The standard InChI is InChI=1S/C16H20ClN3O3/c1-3-19(4-2)15-11(17)6-5-7-12(15)18-13-10-14(22)20(8-9-21)16(13)23/h5-7,10,18,21H,3-4,8-9H2,1-2H3. The van der Waals surface area contributed by atoms with Crippen molar-refractivity contribution in [1.82, 2.24) is 4.90 Å². The minimum absolute atomic E-state index is 0.0161. The van der Waals surface area contributed by atoms with E-state index in [2.05, 4.69) is 10.2 Å². The predicted molar refractivity (Wildman–Crippen MR) is 90.5 cm³/mol. The Morgan fingerprint density at radius 3 is 2.57 bits per heavy atom. The molecule has 0 aromatic heterocycles. The molecule has 124 valence electrons. The molecular weight excluding hydrogens is 318 g/mol. The van der Waals surface area contributed by atoms with Crippen LogP contribution >= 0.6 is 11.6 Å². The summed E-state index contributed by atoms with van der Waals surface area (Å²) in [6.45, 7) is 5.28. The molecule has 0 radical (unpaired) electrons. The van der Waals surface area contributed by atoms with Crippen molar-refractivity contribution < 1.29 is 14.7 Å². The van der Waals surface area contributed by atoms with E-state index < -0.39 is 11.8 Å². The minimum atomic E-state index is -0.450. The van der Waals surface area contributed by atoms with Crippen LogP contribution < -0.4 is 10.2 Å². The third-order valence-corrected chi connectivity index (χ3v) is 3.97. The van der Waals surface area contributed by atoms with Crippen LogP contribution in [0.25, 0.3) is 0 Å².